The van der Waals surface area contributed by atoms with Crippen molar-refractivity contribution in [1.82, 2.24) is 10.1 Å². The predicted octanol–water partition coefficient (Wildman–Crippen LogP) is 2.41. The molecule has 0 saturated heterocycles. The van der Waals surface area contributed by atoms with E-state index >= 15 is 0 Å². The number of furan rings is 1. The van der Waals surface area contributed by atoms with Gasteiger partial charge in [0.1, 0.15) is 12.0 Å². The number of nitrogens with zero attached hydrogens (tertiary/aromatic N) is 2. The average molecular weight is 220 g/mol. The van der Waals surface area contributed by atoms with E-state index in [1.165, 1.54) is 12.5 Å². The van der Waals surface area contributed by atoms with E-state index in [2.05, 4.69) is 10.1 Å². The number of carbonyl (C=O) groups is 1. The Morgan fingerprint density at radius 2 is 2.38 bits per heavy atom. The van der Waals surface area contributed by atoms with Crippen molar-refractivity contribution in [2.45, 2.75) is 26.2 Å². The fourth-order valence-electron chi connectivity index (χ4n) is 1.36. The van der Waals surface area contributed by atoms with E-state index in [-0.39, 0.29) is 11.7 Å². The van der Waals surface area contributed by atoms with Gasteiger partial charge in [-0.1, -0.05) is 12.1 Å². The van der Waals surface area contributed by atoms with Gasteiger partial charge in [-0.15, -0.1) is 0 Å². The molecular weight excluding hydrogens is 208 g/mol. The van der Waals surface area contributed by atoms with Crippen LogP contribution in [0, 0.1) is 0 Å². The quantitative estimate of drug-likeness (QED) is 0.791. The second-order valence-electron chi connectivity index (χ2n) is 3.51. The first kappa shape index (κ1) is 10.6. The molecule has 1 atom stereocenters. The molecule has 0 saturated carbocycles. The van der Waals surface area contributed by atoms with Gasteiger partial charge in [0.15, 0.2) is 0 Å². The molecule has 5 nitrogen and oxygen atoms in total. The molecule has 0 aliphatic heterocycles. The zero-order valence-corrected chi connectivity index (χ0v) is 9.14. The summed E-state index contributed by atoms with van der Waals surface area (Å²) < 4.78 is 9.97. The van der Waals surface area contributed by atoms with Gasteiger partial charge in [0.2, 0.25) is 11.7 Å². The van der Waals surface area contributed by atoms with Crippen molar-refractivity contribution in [3.63, 3.8) is 0 Å². The second-order valence-corrected chi connectivity index (χ2v) is 3.51. The van der Waals surface area contributed by atoms with Gasteiger partial charge in [-0.25, -0.2) is 0 Å². The summed E-state index contributed by atoms with van der Waals surface area (Å²) in [5.41, 5.74) is 0.742. The van der Waals surface area contributed by atoms with Gasteiger partial charge in [0, 0.05) is 6.42 Å². The Labute approximate surface area is 92.5 Å². The zero-order valence-electron chi connectivity index (χ0n) is 9.14. The van der Waals surface area contributed by atoms with Crippen LogP contribution in [0.25, 0.3) is 11.4 Å². The van der Waals surface area contributed by atoms with Crippen LogP contribution in [-0.4, -0.2) is 15.9 Å². The van der Waals surface area contributed by atoms with Gasteiger partial charge in [-0.3, -0.25) is 4.79 Å². The summed E-state index contributed by atoms with van der Waals surface area (Å²) in [6, 6.07) is 1.74. The van der Waals surface area contributed by atoms with Crippen LogP contribution < -0.4 is 0 Å². The normalized spacial score (nSPS) is 12.6. The van der Waals surface area contributed by atoms with Crippen molar-refractivity contribution in [3.8, 4) is 11.4 Å². The molecule has 2 aromatic heterocycles. The lowest BCUT2D eigenvalue weighted by atomic mass is 10.1. The Morgan fingerprint density at radius 3 is 3.00 bits per heavy atom. The van der Waals surface area contributed by atoms with E-state index in [0.29, 0.717) is 18.1 Å². The number of carbonyl (C=O) groups excluding carboxylic acids is 1. The fraction of sp³-hybridized carbons (Fsp3) is 0.364. The highest BCUT2D eigenvalue weighted by Crippen LogP contribution is 2.20. The summed E-state index contributed by atoms with van der Waals surface area (Å²) in [5.74, 6) is 0.531. The van der Waals surface area contributed by atoms with E-state index in [1.807, 2.05) is 6.92 Å². The minimum Gasteiger partial charge on any atom is -0.472 e. The third-order valence-electron chi connectivity index (χ3n) is 2.42. The van der Waals surface area contributed by atoms with Crippen molar-refractivity contribution in [2.24, 2.45) is 0 Å². The average Bonchev–Trinajstić information content (AvgIpc) is 2.96. The van der Waals surface area contributed by atoms with Crippen LogP contribution >= 0.6 is 0 Å². The van der Waals surface area contributed by atoms with Crippen molar-refractivity contribution in [1.29, 1.82) is 0 Å². The van der Waals surface area contributed by atoms with E-state index in [1.54, 1.807) is 13.0 Å². The van der Waals surface area contributed by atoms with E-state index in [9.17, 15) is 4.79 Å². The third-order valence-corrected chi connectivity index (χ3v) is 2.42. The number of hydrogen-bond donors (Lipinski definition) is 0. The van der Waals surface area contributed by atoms with Crippen LogP contribution in [0.4, 0.5) is 0 Å². The highest BCUT2D eigenvalue weighted by atomic mass is 16.5. The lowest BCUT2D eigenvalue weighted by Gasteiger charge is -2.00. The molecule has 2 heterocycles. The van der Waals surface area contributed by atoms with Crippen LogP contribution in [0.2, 0.25) is 0 Å². The molecule has 0 spiro atoms. The molecule has 0 radical (unpaired) electrons. The SMILES string of the molecule is CCC(=O)C(C)c1nc(-c2ccoc2)no1. The number of ketones is 1. The fourth-order valence-corrected chi connectivity index (χ4v) is 1.36. The van der Waals surface area contributed by atoms with Gasteiger partial charge < -0.3 is 8.94 Å². The van der Waals surface area contributed by atoms with Crippen LogP contribution in [0.3, 0.4) is 0 Å². The molecule has 2 rings (SSSR count). The molecule has 16 heavy (non-hydrogen) atoms. The molecule has 0 aromatic carbocycles. The summed E-state index contributed by atoms with van der Waals surface area (Å²) in [6.07, 6.45) is 3.53. The molecule has 0 aliphatic rings. The van der Waals surface area contributed by atoms with Crippen LogP contribution in [0.1, 0.15) is 32.1 Å². The Hall–Kier alpha value is -1.91. The van der Waals surface area contributed by atoms with Crippen molar-refractivity contribution in [2.75, 3.05) is 0 Å². The first-order valence-electron chi connectivity index (χ1n) is 5.11. The minimum absolute atomic E-state index is 0.0855. The molecule has 84 valence electrons. The summed E-state index contributed by atoms with van der Waals surface area (Å²) >= 11 is 0. The molecule has 5 heteroatoms. The molecule has 1 unspecified atom stereocenters. The standard InChI is InChI=1S/C11H12N2O3/c1-3-9(14)7(2)11-12-10(13-16-11)8-4-5-15-6-8/h4-7H,3H2,1-2H3. The molecule has 0 amide bonds. The van der Waals surface area contributed by atoms with Gasteiger partial charge in [0.05, 0.1) is 17.7 Å². The van der Waals surface area contributed by atoms with Crippen LogP contribution in [-0.2, 0) is 4.79 Å². The van der Waals surface area contributed by atoms with E-state index in [0.717, 1.165) is 5.56 Å². The van der Waals surface area contributed by atoms with Gasteiger partial charge >= 0.3 is 0 Å². The lowest BCUT2D eigenvalue weighted by Crippen LogP contribution is -2.07. The molecule has 2 aromatic rings. The topological polar surface area (TPSA) is 69.1 Å². The Kier molecular flexibility index (Phi) is 2.85. The van der Waals surface area contributed by atoms with Crippen molar-refractivity contribution >= 4 is 5.78 Å². The number of hydrogen-bond acceptors (Lipinski definition) is 5. The first-order valence-corrected chi connectivity index (χ1v) is 5.11. The predicted molar refractivity (Wildman–Crippen MR) is 55.7 cm³/mol. The molecule has 0 fully saturated rings. The number of Topliss-reactive ketones (excluding diaryl/α,β-unsaturated/α-hetero) is 1. The van der Waals surface area contributed by atoms with E-state index in [4.69, 9.17) is 8.94 Å². The molecule has 0 aliphatic carbocycles. The van der Waals surface area contributed by atoms with E-state index < -0.39 is 0 Å². The highest BCUT2D eigenvalue weighted by Gasteiger charge is 2.20. The van der Waals surface area contributed by atoms with Crippen LogP contribution in [0.15, 0.2) is 27.5 Å². The van der Waals surface area contributed by atoms with Crippen molar-refractivity contribution < 1.29 is 13.7 Å². The maximum Gasteiger partial charge on any atom is 0.237 e. The molecule has 0 N–H and O–H groups in total. The lowest BCUT2D eigenvalue weighted by molar-refractivity contribution is -0.120. The summed E-state index contributed by atoms with van der Waals surface area (Å²) in [6.45, 7) is 3.57. The van der Waals surface area contributed by atoms with Crippen LogP contribution in [0.5, 0.6) is 0 Å². The van der Waals surface area contributed by atoms with Gasteiger partial charge in [-0.05, 0) is 13.0 Å². The highest BCUT2D eigenvalue weighted by molar-refractivity contribution is 5.84. The second kappa shape index (κ2) is 4.30. The molecular formula is C11H12N2O3. The van der Waals surface area contributed by atoms with Crippen molar-refractivity contribution in [3.05, 3.63) is 24.5 Å². The summed E-state index contributed by atoms with van der Waals surface area (Å²) in [7, 11) is 0. The Balaban J connectivity index is 2.23. The Morgan fingerprint density at radius 1 is 1.56 bits per heavy atom. The number of aromatic nitrogens is 2. The maximum absolute atomic E-state index is 11.5. The first-order chi connectivity index (χ1) is 7.72. The van der Waals surface area contributed by atoms with Gasteiger partial charge in [0.25, 0.3) is 0 Å². The third kappa shape index (κ3) is 1.88. The maximum atomic E-state index is 11.5. The largest absolute Gasteiger partial charge is 0.472 e. The monoisotopic (exact) mass is 220 g/mol. The minimum atomic E-state index is -0.349. The van der Waals surface area contributed by atoms with Gasteiger partial charge in [-0.2, -0.15) is 4.98 Å². The smallest absolute Gasteiger partial charge is 0.237 e. The summed E-state index contributed by atoms with van der Waals surface area (Å²) in [5, 5.41) is 3.80. The summed E-state index contributed by atoms with van der Waals surface area (Å²) in [4.78, 5) is 15.6. The number of rotatable bonds is 4. The Bertz CT molecular complexity index is 473. The zero-order chi connectivity index (χ0) is 11.5. The molecule has 0 bridgehead atoms.